The molecule has 70 valence electrons. The van der Waals surface area contributed by atoms with Crippen molar-refractivity contribution >= 4 is 23.6 Å². The Morgan fingerprint density at radius 3 is 2.58 bits per heavy atom. The van der Waals surface area contributed by atoms with E-state index in [0.29, 0.717) is 5.75 Å². The van der Waals surface area contributed by atoms with Crippen molar-refractivity contribution in [3.63, 3.8) is 0 Å². The van der Waals surface area contributed by atoms with Crippen LogP contribution in [0.4, 0.5) is 0 Å². The van der Waals surface area contributed by atoms with Crippen LogP contribution in [0.25, 0.3) is 0 Å². The number of rotatable bonds is 6. The van der Waals surface area contributed by atoms with Crippen LogP contribution in [0.15, 0.2) is 0 Å². The fourth-order valence-electron chi connectivity index (χ4n) is 0.492. The first-order valence-corrected chi connectivity index (χ1v) is 4.49. The number of carbonyl (C=O) groups excluding carboxylic acids is 1. The smallest absolute Gasteiger partial charge is 0.322 e. The Balaban J connectivity index is 3.28. The molecule has 0 aliphatic rings. The van der Waals surface area contributed by atoms with E-state index in [1.165, 1.54) is 11.8 Å². The monoisotopic (exact) mass is 193 g/mol. The van der Waals surface area contributed by atoms with Crippen molar-refractivity contribution in [1.82, 2.24) is 5.32 Å². The molecular formula is C6H11NO4S. The van der Waals surface area contributed by atoms with Crippen LogP contribution in [0.5, 0.6) is 0 Å². The molecule has 0 aromatic carbocycles. The summed E-state index contributed by atoms with van der Waals surface area (Å²) in [7, 11) is 0. The van der Waals surface area contributed by atoms with Gasteiger partial charge in [-0.25, -0.2) is 0 Å². The van der Waals surface area contributed by atoms with Crippen LogP contribution >= 0.6 is 11.8 Å². The first-order valence-electron chi connectivity index (χ1n) is 3.34. The Morgan fingerprint density at radius 1 is 1.42 bits per heavy atom. The van der Waals surface area contributed by atoms with Crippen LogP contribution in [0, 0.1) is 0 Å². The second-order valence-electron chi connectivity index (χ2n) is 1.96. The largest absolute Gasteiger partial charge is 0.480 e. The predicted octanol–water partition coefficient (Wildman–Crippen LogP) is -0.740. The van der Waals surface area contributed by atoms with E-state index in [2.05, 4.69) is 5.32 Å². The number of nitrogens with one attached hydrogen (secondary N) is 1. The minimum absolute atomic E-state index is 0.0216. The number of hydrogen-bond acceptors (Lipinski definition) is 4. The number of hydrogen-bond donors (Lipinski definition) is 3. The van der Waals surface area contributed by atoms with Crippen molar-refractivity contribution in [2.45, 2.75) is 6.42 Å². The number of carbonyl (C=O) groups is 2. The minimum atomic E-state index is -1.06. The lowest BCUT2D eigenvalue weighted by Crippen LogP contribution is -2.29. The van der Waals surface area contributed by atoms with Gasteiger partial charge in [-0.3, -0.25) is 9.59 Å². The van der Waals surface area contributed by atoms with Gasteiger partial charge in [0.2, 0.25) is 5.91 Å². The molecule has 1 amide bonds. The molecule has 0 heterocycles. The molecule has 0 bridgehead atoms. The summed E-state index contributed by atoms with van der Waals surface area (Å²) in [5.41, 5.74) is 0. The molecule has 5 nitrogen and oxygen atoms in total. The van der Waals surface area contributed by atoms with Crippen LogP contribution in [-0.4, -0.2) is 40.3 Å². The van der Waals surface area contributed by atoms with Gasteiger partial charge in [0, 0.05) is 12.2 Å². The summed E-state index contributed by atoms with van der Waals surface area (Å²) in [5.74, 6) is -0.884. The highest BCUT2D eigenvalue weighted by Gasteiger charge is 2.02. The third-order valence-corrected chi connectivity index (χ3v) is 1.68. The van der Waals surface area contributed by atoms with Crippen LogP contribution in [-0.2, 0) is 9.59 Å². The minimum Gasteiger partial charge on any atom is -0.480 e. The maximum atomic E-state index is 10.8. The van der Waals surface area contributed by atoms with E-state index in [9.17, 15) is 9.59 Å². The van der Waals surface area contributed by atoms with Crippen molar-refractivity contribution in [2.75, 3.05) is 18.2 Å². The standard InChI is InChI=1S/C6H11NO4S/c8-4-12-2-1-5(9)7-3-6(10)11/h8H,1-4H2,(H,7,9)(H,10,11). The van der Waals surface area contributed by atoms with Crippen molar-refractivity contribution in [3.05, 3.63) is 0 Å². The summed E-state index contributed by atoms with van der Waals surface area (Å²) >= 11 is 1.22. The molecule has 0 aliphatic carbocycles. The molecule has 0 saturated carbocycles. The zero-order valence-electron chi connectivity index (χ0n) is 6.45. The molecule has 12 heavy (non-hydrogen) atoms. The van der Waals surface area contributed by atoms with E-state index in [-0.39, 0.29) is 24.8 Å². The number of amides is 1. The number of aliphatic hydroxyl groups excluding tert-OH is 1. The molecule has 0 spiro atoms. The summed E-state index contributed by atoms with van der Waals surface area (Å²) in [6.45, 7) is -0.345. The van der Waals surface area contributed by atoms with Crippen molar-refractivity contribution in [1.29, 1.82) is 0 Å². The highest BCUT2D eigenvalue weighted by molar-refractivity contribution is 7.99. The normalized spacial score (nSPS) is 9.42. The highest BCUT2D eigenvalue weighted by atomic mass is 32.2. The van der Waals surface area contributed by atoms with Gasteiger partial charge in [-0.1, -0.05) is 0 Å². The Hall–Kier alpha value is -0.750. The van der Waals surface area contributed by atoms with E-state index < -0.39 is 5.97 Å². The Kier molecular flexibility index (Phi) is 6.50. The first kappa shape index (κ1) is 11.2. The lowest BCUT2D eigenvalue weighted by Gasteiger charge is -2.00. The van der Waals surface area contributed by atoms with Gasteiger partial charge >= 0.3 is 5.97 Å². The van der Waals surface area contributed by atoms with E-state index in [1.54, 1.807) is 0 Å². The van der Waals surface area contributed by atoms with Gasteiger partial charge < -0.3 is 15.5 Å². The summed E-state index contributed by atoms with van der Waals surface area (Å²) in [4.78, 5) is 20.7. The number of carboxylic acid groups (broad SMARTS) is 1. The van der Waals surface area contributed by atoms with Gasteiger partial charge in [0.15, 0.2) is 0 Å². The van der Waals surface area contributed by atoms with E-state index in [1.807, 2.05) is 0 Å². The van der Waals surface area contributed by atoms with Crippen molar-refractivity contribution in [2.24, 2.45) is 0 Å². The number of aliphatic hydroxyl groups is 1. The van der Waals surface area contributed by atoms with Crippen molar-refractivity contribution in [3.8, 4) is 0 Å². The molecule has 0 aromatic rings. The van der Waals surface area contributed by atoms with Crippen LogP contribution in [0.3, 0.4) is 0 Å². The SMILES string of the molecule is O=C(O)CNC(=O)CCSCO. The van der Waals surface area contributed by atoms with Gasteiger partial charge in [-0.2, -0.15) is 0 Å². The van der Waals surface area contributed by atoms with Gasteiger partial charge in [-0.15, -0.1) is 11.8 Å². The van der Waals surface area contributed by atoms with E-state index in [0.717, 1.165) is 0 Å². The molecule has 0 aliphatic heterocycles. The lowest BCUT2D eigenvalue weighted by atomic mass is 10.4. The van der Waals surface area contributed by atoms with E-state index >= 15 is 0 Å². The second-order valence-corrected chi connectivity index (χ2v) is 3.03. The van der Waals surface area contributed by atoms with Gasteiger partial charge in [0.05, 0.1) is 5.94 Å². The third kappa shape index (κ3) is 7.36. The average molecular weight is 193 g/mol. The summed E-state index contributed by atoms with van der Waals surface area (Å²) in [6, 6.07) is 0. The van der Waals surface area contributed by atoms with Crippen molar-refractivity contribution < 1.29 is 19.8 Å². The van der Waals surface area contributed by atoms with Gasteiger partial charge in [-0.05, 0) is 0 Å². The topological polar surface area (TPSA) is 86.6 Å². The Labute approximate surface area is 74.1 Å². The quantitative estimate of drug-likeness (QED) is 0.382. The molecule has 0 atom stereocenters. The number of thioether (sulfide) groups is 1. The fourth-order valence-corrected chi connectivity index (χ4v) is 0.951. The number of carboxylic acids is 1. The lowest BCUT2D eigenvalue weighted by molar-refractivity contribution is -0.137. The fraction of sp³-hybridized carbons (Fsp3) is 0.667. The molecule has 0 aromatic heterocycles. The molecule has 0 rings (SSSR count). The average Bonchev–Trinajstić information content (AvgIpc) is 2.01. The zero-order valence-corrected chi connectivity index (χ0v) is 7.26. The van der Waals surface area contributed by atoms with Crippen LogP contribution in [0.1, 0.15) is 6.42 Å². The second kappa shape index (κ2) is 6.93. The summed E-state index contributed by atoms with van der Waals surface area (Å²) in [6.07, 6.45) is 0.235. The number of aliphatic carboxylic acids is 1. The zero-order chi connectivity index (χ0) is 9.40. The van der Waals surface area contributed by atoms with Gasteiger partial charge in [0.25, 0.3) is 0 Å². The molecule has 0 radical (unpaired) electrons. The molecule has 0 fully saturated rings. The molecular weight excluding hydrogens is 182 g/mol. The molecule has 0 saturated heterocycles. The Morgan fingerprint density at radius 2 is 2.08 bits per heavy atom. The third-order valence-electron chi connectivity index (χ3n) is 1.00. The van der Waals surface area contributed by atoms with Gasteiger partial charge in [0.1, 0.15) is 6.54 Å². The molecule has 3 N–H and O–H groups in total. The maximum absolute atomic E-state index is 10.8. The van der Waals surface area contributed by atoms with Crippen LogP contribution < -0.4 is 5.32 Å². The summed E-state index contributed by atoms with van der Waals surface area (Å²) < 4.78 is 0. The molecule has 6 heteroatoms. The van der Waals surface area contributed by atoms with Crippen LogP contribution in [0.2, 0.25) is 0 Å². The highest BCUT2D eigenvalue weighted by Crippen LogP contribution is 1.98. The predicted molar refractivity (Wildman–Crippen MR) is 44.8 cm³/mol. The summed E-state index contributed by atoms with van der Waals surface area (Å²) in [5, 5.41) is 18.7. The van der Waals surface area contributed by atoms with E-state index in [4.69, 9.17) is 10.2 Å². The molecule has 0 unspecified atom stereocenters. The maximum Gasteiger partial charge on any atom is 0.322 e. The Bertz CT molecular complexity index is 162. The first-order chi connectivity index (χ1) is 5.66.